The number of nitrogens with one attached hydrogen (secondary N) is 2. The van der Waals surface area contributed by atoms with E-state index in [1.165, 1.54) is 6.26 Å². The maximum absolute atomic E-state index is 10.9. The first-order valence-electron chi connectivity index (χ1n) is 5.59. The monoisotopic (exact) mass is 264 g/mol. The number of nitrogens with zero attached hydrogens (tertiary/aromatic N) is 4. The summed E-state index contributed by atoms with van der Waals surface area (Å²) in [4.78, 5) is 18.2. The van der Waals surface area contributed by atoms with Crippen LogP contribution in [-0.2, 0) is 6.54 Å². The molecule has 100 valence electrons. The molecule has 0 atom stereocenters. The highest BCUT2D eigenvalue weighted by atomic mass is 16.6. The Labute approximate surface area is 108 Å². The molecule has 19 heavy (non-hydrogen) atoms. The van der Waals surface area contributed by atoms with Gasteiger partial charge < -0.3 is 15.2 Å². The zero-order valence-corrected chi connectivity index (χ0v) is 10.2. The molecule has 2 aromatic rings. The van der Waals surface area contributed by atoms with Gasteiger partial charge in [-0.1, -0.05) is 5.16 Å². The maximum atomic E-state index is 10.9. The molecule has 2 heterocycles. The van der Waals surface area contributed by atoms with E-state index < -0.39 is 4.92 Å². The van der Waals surface area contributed by atoms with Crippen LogP contribution in [0.15, 0.2) is 23.0 Å². The summed E-state index contributed by atoms with van der Waals surface area (Å²) in [6, 6.07) is 1.66. The third-order valence-electron chi connectivity index (χ3n) is 2.23. The lowest BCUT2D eigenvalue weighted by Gasteiger charge is -2.06. The van der Waals surface area contributed by atoms with Crippen LogP contribution in [0.25, 0.3) is 0 Å². The molecule has 0 aromatic carbocycles. The lowest BCUT2D eigenvalue weighted by molar-refractivity contribution is -0.384. The highest BCUT2D eigenvalue weighted by Crippen LogP contribution is 2.22. The van der Waals surface area contributed by atoms with E-state index in [9.17, 15) is 10.1 Å². The predicted molar refractivity (Wildman–Crippen MR) is 66.7 cm³/mol. The Morgan fingerprint density at radius 1 is 1.47 bits per heavy atom. The van der Waals surface area contributed by atoms with Crippen molar-refractivity contribution in [3.63, 3.8) is 0 Å². The van der Waals surface area contributed by atoms with Crippen molar-refractivity contribution in [3.05, 3.63) is 34.3 Å². The molecule has 0 unspecified atom stereocenters. The van der Waals surface area contributed by atoms with Crippen molar-refractivity contribution in [2.24, 2.45) is 0 Å². The number of hydrogen-bond acceptors (Lipinski definition) is 8. The van der Waals surface area contributed by atoms with E-state index in [1.54, 1.807) is 6.07 Å². The van der Waals surface area contributed by atoms with E-state index in [4.69, 9.17) is 0 Å². The number of rotatable bonds is 6. The third-order valence-corrected chi connectivity index (χ3v) is 2.23. The van der Waals surface area contributed by atoms with E-state index in [-0.39, 0.29) is 18.1 Å². The first kappa shape index (κ1) is 12.7. The summed E-state index contributed by atoms with van der Waals surface area (Å²) in [5.41, 5.74) is 0.433. The van der Waals surface area contributed by atoms with Gasteiger partial charge in [0.15, 0.2) is 0 Å². The largest absolute Gasteiger partial charge is 0.364 e. The fourth-order valence-electron chi connectivity index (χ4n) is 1.39. The minimum absolute atomic E-state index is 0.138. The summed E-state index contributed by atoms with van der Waals surface area (Å²) in [5.74, 6) is 0.467. The molecule has 0 fully saturated rings. The van der Waals surface area contributed by atoms with Crippen molar-refractivity contribution in [1.82, 2.24) is 15.1 Å². The van der Waals surface area contributed by atoms with Crippen LogP contribution in [0, 0.1) is 10.1 Å². The lowest BCUT2D eigenvalue weighted by Crippen LogP contribution is -2.09. The van der Waals surface area contributed by atoms with Crippen molar-refractivity contribution in [2.45, 2.75) is 13.5 Å². The minimum Gasteiger partial charge on any atom is -0.364 e. The molecular weight excluding hydrogens is 252 g/mol. The Morgan fingerprint density at radius 2 is 2.32 bits per heavy atom. The molecule has 0 saturated carbocycles. The number of hydrogen-bond donors (Lipinski definition) is 2. The van der Waals surface area contributed by atoms with Gasteiger partial charge in [0.05, 0.1) is 11.5 Å². The van der Waals surface area contributed by atoms with Crippen molar-refractivity contribution in [3.8, 4) is 0 Å². The number of nitro groups is 1. The van der Waals surface area contributed by atoms with Gasteiger partial charge in [-0.25, -0.2) is 4.98 Å². The first-order valence-corrected chi connectivity index (χ1v) is 5.59. The first-order chi connectivity index (χ1) is 9.20. The average molecular weight is 264 g/mol. The van der Waals surface area contributed by atoms with E-state index in [2.05, 4.69) is 30.3 Å². The minimum atomic E-state index is -0.541. The van der Waals surface area contributed by atoms with Gasteiger partial charge in [0.25, 0.3) is 0 Å². The zero-order valence-electron chi connectivity index (χ0n) is 10.2. The highest BCUT2D eigenvalue weighted by Gasteiger charge is 2.17. The lowest BCUT2D eigenvalue weighted by atomic mass is 10.4. The summed E-state index contributed by atoms with van der Waals surface area (Å²) in [6.45, 7) is 2.79. The van der Waals surface area contributed by atoms with Gasteiger partial charge >= 0.3 is 5.69 Å². The molecular formula is C10H12N6O3. The van der Waals surface area contributed by atoms with Crippen molar-refractivity contribution in [2.75, 3.05) is 17.2 Å². The molecule has 0 radical (unpaired) electrons. The molecule has 0 bridgehead atoms. The van der Waals surface area contributed by atoms with Gasteiger partial charge in [0.2, 0.25) is 11.8 Å². The van der Waals surface area contributed by atoms with Gasteiger partial charge in [0, 0.05) is 12.6 Å². The van der Waals surface area contributed by atoms with Crippen LogP contribution < -0.4 is 10.6 Å². The van der Waals surface area contributed by atoms with Crippen LogP contribution >= 0.6 is 0 Å². The van der Waals surface area contributed by atoms with Crippen LogP contribution in [-0.4, -0.2) is 26.6 Å². The van der Waals surface area contributed by atoms with Gasteiger partial charge in [-0.3, -0.25) is 10.1 Å². The second kappa shape index (κ2) is 5.76. The molecule has 0 spiro atoms. The summed E-state index contributed by atoms with van der Waals surface area (Å²) in [6.07, 6.45) is 2.59. The predicted octanol–water partition coefficient (Wildman–Crippen LogP) is 1.42. The normalized spacial score (nSPS) is 10.2. The Morgan fingerprint density at radius 3 is 2.95 bits per heavy atom. The van der Waals surface area contributed by atoms with E-state index in [0.29, 0.717) is 18.2 Å². The summed E-state index contributed by atoms with van der Waals surface area (Å²) < 4.78 is 4.67. The highest BCUT2D eigenvalue weighted by molar-refractivity contribution is 5.56. The molecule has 2 rings (SSSR count). The van der Waals surface area contributed by atoms with Crippen LogP contribution in [0.5, 0.6) is 0 Å². The quantitative estimate of drug-likeness (QED) is 0.593. The molecule has 0 saturated heterocycles. The smallest absolute Gasteiger partial charge is 0.329 e. The Bertz CT molecular complexity index is 556. The molecule has 0 aliphatic rings. The zero-order chi connectivity index (χ0) is 13.7. The molecule has 0 aliphatic heterocycles. The average Bonchev–Trinajstić information content (AvgIpc) is 2.89. The van der Waals surface area contributed by atoms with Gasteiger partial charge in [-0.2, -0.15) is 4.98 Å². The molecule has 2 N–H and O–H groups in total. The van der Waals surface area contributed by atoms with E-state index in [0.717, 1.165) is 6.20 Å². The SMILES string of the molecule is CCNc1ncc([N+](=O)[O-])c(NCc2ccon2)n1. The van der Waals surface area contributed by atoms with E-state index in [1.807, 2.05) is 6.92 Å². The van der Waals surface area contributed by atoms with Gasteiger partial charge in [-0.05, 0) is 6.92 Å². The van der Waals surface area contributed by atoms with Crippen LogP contribution in [0.2, 0.25) is 0 Å². The Kier molecular flexibility index (Phi) is 3.86. The Balaban J connectivity index is 2.19. The van der Waals surface area contributed by atoms with Crippen LogP contribution in [0.1, 0.15) is 12.6 Å². The van der Waals surface area contributed by atoms with Crippen molar-refractivity contribution in [1.29, 1.82) is 0 Å². The Hall–Kier alpha value is -2.71. The topological polar surface area (TPSA) is 119 Å². The summed E-state index contributed by atoms with van der Waals surface area (Å²) in [7, 11) is 0. The summed E-state index contributed by atoms with van der Waals surface area (Å²) in [5, 5.41) is 20.3. The maximum Gasteiger partial charge on any atom is 0.329 e. The molecule has 9 heteroatoms. The molecule has 2 aromatic heterocycles. The second-order valence-electron chi connectivity index (χ2n) is 3.56. The van der Waals surface area contributed by atoms with Crippen molar-refractivity contribution < 1.29 is 9.45 Å². The van der Waals surface area contributed by atoms with Gasteiger partial charge in [0.1, 0.15) is 18.2 Å². The molecule has 0 aliphatic carbocycles. The number of anilines is 2. The third kappa shape index (κ3) is 3.15. The standard InChI is InChI=1S/C10H12N6O3/c1-2-11-10-13-6-8(16(17)18)9(14-10)12-5-7-3-4-19-15-7/h3-4,6H,2,5H2,1H3,(H2,11,12,13,14). The fraction of sp³-hybridized carbons (Fsp3) is 0.300. The van der Waals surface area contributed by atoms with Crippen LogP contribution in [0.4, 0.5) is 17.5 Å². The molecule has 9 nitrogen and oxygen atoms in total. The second-order valence-corrected chi connectivity index (χ2v) is 3.56. The van der Waals surface area contributed by atoms with Gasteiger partial charge in [-0.15, -0.1) is 0 Å². The van der Waals surface area contributed by atoms with Crippen LogP contribution in [0.3, 0.4) is 0 Å². The summed E-state index contributed by atoms with van der Waals surface area (Å²) >= 11 is 0. The van der Waals surface area contributed by atoms with E-state index >= 15 is 0 Å². The van der Waals surface area contributed by atoms with Crippen molar-refractivity contribution >= 4 is 17.5 Å². The fourth-order valence-corrected chi connectivity index (χ4v) is 1.39. The number of aromatic nitrogens is 3. The molecule has 0 amide bonds.